The Hall–Kier alpha value is -2.36. The second-order valence-corrected chi connectivity index (χ2v) is 7.75. The van der Waals surface area contributed by atoms with Crippen molar-refractivity contribution in [3.05, 3.63) is 53.6 Å². The second-order valence-electron chi connectivity index (χ2n) is 7.75. The maximum atomic E-state index is 12.9. The molecular weight excluding hydrogens is 429 g/mol. The quantitative estimate of drug-likeness (QED) is 0.283. The number of ether oxygens (including phenoxy) is 2. The number of allylic oxidation sites excluding steroid dienone is 1. The summed E-state index contributed by atoms with van der Waals surface area (Å²) in [7, 11) is 1.31. The molecule has 0 amide bonds. The number of carbonyl (C=O) groups excluding carboxylic acids is 1. The Morgan fingerprint density at radius 2 is 2.03 bits per heavy atom. The van der Waals surface area contributed by atoms with E-state index in [4.69, 9.17) is 4.74 Å². The summed E-state index contributed by atoms with van der Waals surface area (Å²) < 4.78 is 48.6. The Kier molecular flexibility index (Phi) is 9.74. The van der Waals surface area contributed by atoms with Gasteiger partial charge in [-0.1, -0.05) is 24.3 Å². The van der Waals surface area contributed by atoms with Crippen molar-refractivity contribution in [2.75, 3.05) is 13.7 Å². The molecule has 0 aliphatic heterocycles. The van der Waals surface area contributed by atoms with Crippen molar-refractivity contribution in [3.8, 4) is 5.75 Å². The highest BCUT2D eigenvalue weighted by Gasteiger charge is 2.32. The molecule has 4 atom stereocenters. The summed E-state index contributed by atoms with van der Waals surface area (Å²) in [5.41, 5.74) is -0.443. The molecule has 1 unspecified atom stereocenters. The number of aliphatic hydroxyl groups excluding tert-OH is 3. The number of unbranched alkanes of at least 4 members (excludes halogenated alkanes) is 1. The van der Waals surface area contributed by atoms with E-state index in [1.807, 2.05) is 0 Å². The first kappa shape index (κ1) is 25.9. The van der Waals surface area contributed by atoms with Gasteiger partial charge < -0.3 is 24.8 Å². The summed E-state index contributed by atoms with van der Waals surface area (Å²) in [5, 5.41) is 30.5. The first-order valence-corrected chi connectivity index (χ1v) is 10.4. The van der Waals surface area contributed by atoms with Crippen LogP contribution in [0, 0.1) is 5.92 Å². The number of esters is 1. The molecule has 1 aliphatic rings. The molecular formula is C23H29F3O6. The monoisotopic (exact) mass is 458 g/mol. The van der Waals surface area contributed by atoms with Gasteiger partial charge in [-0.25, -0.2) is 0 Å². The van der Waals surface area contributed by atoms with Crippen LogP contribution in [0.5, 0.6) is 5.75 Å². The topological polar surface area (TPSA) is 96.2 Å². The van der Waals surface area contributed by atoms with Crippen LogP contribution in [0.3, 0.4) is 0 Å². The smallest absolute Gasteiger partial charge is 0.416 e. The van der Waals surface area contributed by atoms with Gasteiger partial charge in [0.1, 0.15) is 18.5 Å². The lowest BCUT2D eigenvalue weighted by Gasteiger charge is -2.17. The number of benzene rings is 1. The van der Waals surface area contributed by atoms with Crippen LogP contribution < -0.4 is 4.74 Å². The summed E-state index contributed by atoms with van der Waals surface area (Å²) in [4.78, 5) is 11.2. The van der Waals surface area contributed by atoms with Gasteiger partial charge in [0.05, 0.1) is 24.9 Å². The summed E-state index contributed by atoms with van der Waals surface area (Å²) in [6.45, 7) is -0.301. The fourth-order valence-electron chi connectivity index (χ4n) is 3.44. The molecule has 0 heterocycles. The van der Waals surface area contributed by atoms with Crippen LogP contribution in [0.15, 0.2) is 48.1 Å². The summed E-state index contributed by atoms with van der Waals surface area (Å²) in [6, 6.07) is 4.37. The third-order valence-corrected chi connectivity index (χ3v) is 5.20. The molecule has 1 aromatic rings. The molecule has 9 heteroatoms. The van der Waals surface area contributed by atoms with E-state index in [0.717, 1.165) is 12.1 Å². The number of aliphatic hydroxyl groups is 3. The van der Waals surface area contributed by atoms with Gasteiger partial charge in [0.15, 0.2) is 0 Å². The molecule has 0 saturated heterocycles. The molecule has 1 aromatic carbocycles. The predicted octanol–water partition coefficient (Wildman–Crippen LogP) is 3.40. The van der Waals surface area contributed by atoms with Crippen molar-refractivity contribution in [1.29, 1.82) is 0 Å². The van der Waals surface area contributed by atoms with Gasteiger partial charge in [-0.2, -0.15) is 13.2 Å². The Morgan fingerprint density at radius 1 is 1.28 bits per heavy atom. The van der Waals surface area contributed by atoms with E-state index < -0.39 is 30.1 Å². The molecule has 2 rings (SSSR count). The number of hydrogen-bond acceptors (Lipinski definition) is 6. The second kappa shape index (κ2) is 12.0. The van der Waals surface area contributed by atoms with Crippen molar-refractivity contribution in [3.63, 3.8) is 0 Å². The zero-order valence-electron chi connectivity index (χ0n) is 17.8. The molecule has 6 nitrogen and oxygen atoms in total. The number of rotatable bonds is 10. The Balaban J connectivity index is 2.06. The van der Waals surface area contributed by atoms with Gasteiger partial charge in [0, 0.05) is 12.3 Å². The van der Waals surface area contributed by atoms with E-state index in [2.05, 4.69) is 4.74 Å². The third kappa shape index (κ3) is 8.29. The van der Waals surface area contributed by atoms with Gasteiger partial charge in [0.2, 0.25) is 0 Å². The fraction of sp³-hybridized carbons (Fsp3) is 0.522. The molecule has 1 saturated carbocycles. The van der Waals surface area contributed by atoms with Gasteiger partial charge in [-0.15, -0.1) is 0 Å². The predicted molar refractivity (Wildman–Crippen MR) is 111 cm³/mol. The van der Waals surface area contributed by atoms with Crippen LogP contribution in [-0.4, -0.2) is 53.3 Å². The number of halogens is 3. The molecule has 0 radical (unpaired) electrons. The van der Waals surface area contributed by atoms with Crippen molar-refractivity contribution < 1.29 is 42.8 Å². The van der Waals surface area contributed by atoms with Crippen LogP contribution in [0.2, 0.25) is 0 Å². The fourth-order valence-corrected chi connectivity index (χ4v) is 3.44. The average Bonchev–Trinajstić information content (AvgIpc) is 3.06. The molecule has 178 valence electrons. The highest BCUT2D eigenvalue weighted by molar-refractivity contribution is 5.69. The highest BCUT2D eigenvalue weighted by Crippen LogP contribution is 2.32. The van der Waals surface area contributed by atoms with Crippen LogP contribution in [0.1, 0.15) is 37.7 Å². The third-order valence-electron chi connectivity index (χ3n) is 5.20. The Labute approximate surface area is 185 Å². The number of methoxy groups -OCH3 is 1. The normalized spacial score (nSPS) is 22.8. The molecule has 1 fully saturated rings. The largest absolute Gasteiger partial charge is 0.491 e. The van der Waals surface area contributed by atoms with Crippen LogP contribution in [0.4, 0.5) is 13.2 Å². The Morgan fingerprint density at radius 3 is 2.66 bits per heavy atom. The van der Waals surface area contributed by atoms with E-state index in [-0.39, 0.29) is 37.1 Å². The Bertz CT molecular complexity index is 805. The molecule has 1 aliphatic carbocycles. The van der Waals surface area contributed by atoms with Gasteiger partial charge in [0.25, 0.3) is 0 Å². The van der Waals surface area contributed by atoms with Gasteiger partial charge in [-0.3, -0.25) is 4.79 Å². The lowest BCUT2D eigenvalue weighted by atomic mass is 9.98. The first-order valence-electron chi connectivity index (χ1n) is 10.4. The van der Waals surface area contributed by atoms with Crippen molar-refractivity contribution in [2.45, 2.75) is 56.6 Å². The minimum Gasteiger partial charge on any atom is -0.491 e. The maximum Gasteiger partial charge on any atom is 0.416 e. The minimum atomic E-state index is -4.50. The van der Waals surface area contributed by atoms with Crippen LogP contribution in [0.25, 0.3) is 0 Å². The average molecular weight is 458 g/mol. The summed E-state index contributed by atoms with van der Waals surface area (Å²) in [5.74, 6) is -0.730. The van der Waals surface area contributed by atoms with Crippen LogP contribution >= 0.6 is 0 Å². The summed E-state index contributed by atoms with van der Waals surface area (Å²) >= 11 is 0. The van der Waals surface area contributed by atoms with E-state index in [1.54, 1.807) is 18.2 Å². The first-order chi connectivity index (χ1) is 15.1. The van der Waals surface area contributed by atoms with Crippen molar-refractivity contribution in [1.82, 2.24) is 0 Å². The number of carbonyl (C=O) groups is 1. The van der Waals surface area contributed by atoms with Crippen molar-refractivity contribution >= 4 is 5.97 Å². The van der Waals surface area contributed by atoms with E-state index in [9.17, 15) is 33.3 Å². The highest BCUT2D eigenvalue weighted by atomic mass is 19.4. The molecule has 0 bridgehead atoms. The number of hydrogen-bond donors (Lipinski definition) is 3. The molecule has 3 N–H and O–H groups in total. The maximum absolute atomic E-state index is 12.9. The van der Waals surface area contributed by atoms with E-state index in [1.165, 1.54) is 19.2 Å². The summed E-state index contributed by atoms with van der Waals surface area (Å²) in [6.07, 6.45) is -0.167. The molecule has 0 spiro atoms. The lowest BCUT2D eigenvalue weighted by molar-refractivity contribution is -0.140. The lowest BCUT2D eigenvalue weighted by Crippen LogP contribution is -2.21. The SMILES string of the molecule is COC(=O)CCC/C=C/C(=C\C1C[C@@H](O)C[C@H]1O)[C@@H](O)COc1cccc(C(F)(F)F)c1. The zero-order valence-corrected chi connectivity index (χ0v) is 17.8. The van der Waals surface area contributed by atoms with Crippen molar-refractivity contribution in [2.24, 2.45) is 5.92 Å². The van der Waals surface area contributed by atoms with Gasteiger partial charge in [-0.05, 0) is 49.5 Å². The number of alkyl halides is 3. The van der Waals surface area contributed by atoms with E-state index >= 15 is 0 Å². The zero-order chi connectivity index (χ0) is 23.7. The van der Waals surface area contributed by atoms with Crippen LogP contribution in [-0.2, 0) is 15.7 Å². The standard InChI is InChI=1S/C23H29F3O6/c1-31-22(30)9-4-2-3-6-15(10-16-11-18(27)13-20(16)28)21(29)14-32-19-8-5-7-17(12-19)23(24,25)26/h3,5-8,10,12,16,18,20-21,27-29H,2,4,9,11,13-14H2,1H3/b6-3+,15-10+/t16?,18-,20-,21+/m1/s1. The molecule has 0 aromatic heterocycles. The van der Waals surface area contributed by atoms with E-state index in [0.29, 0.717) is 24.8 Å². The molecule has 32 heavy (non-hydrogen) atoms. The van der Waals surface area contributed by atoms with Gasteiger partial charge >= 0.3 is 12.1 Å². The minimum absolute atomic E-state index is 0.0309.